The van der Waals surface area contributed by atoms with E-state index >= 15 is 0 Å². The Hall–Kier alpha value is -2.22. The van der Waals surface area contributed by atoms with Gasteiger partial charge in [-0.15, -0.1) is 0 Å². The van der Waals surface area contributed by atoms with Crippen LogP contribution >= 0.6 is 11.8 Å². The molecule has 0 aliphatic rings. The fourth-order valence-corrected chi connectivity index (χ4v) is 2.23. The van der Waals surface area contributed by atoms with Gasteiger partial charge in [0.25, 0.3) is 5.24 Å². The molecule has 0 unspecified atom stereocenters. The number of aromatic carboxylic acids is 1. The van der Waals surface area contributed by atoms with E-state index in [1.165, 1.54) is 23.1 Å². The summed E-state index contributed by atoms with van der Waals surface area (Å²) < 4.78 is 5.10. The van der Waals surface area contributed by atoms with E-state index in [-0.39, 0.29) is 16.5 Å². The molecule has 7 nitrogen and oxygen atoms in total. The smallest absolute Gasteiger partial charge is 0.412 e. The molecule has 23 heavy (non-hydrogen) atoms. The van der Waals surface area contributed by atoms with Crippen LogP contribution in [0.5, 0.6) is 0 Å². The van der Waals surface area contributed by atoms with Crippen molar-refractivity contribution in [3.63, 3.8) is 0 Å². The molecule has 2 amide bonds. The summed E-state index contributed by atoms with van der Waals surface area (Å²) in [4.78, 5) is 36.4. The van der Waals surface area contributed by atoms with Crippen LogP contribution in [-0.4, -0.2) is 47.0 Å². The summed E-state index contributed by atoms with van der Waals surface area (Å²) in [6.07, 6.45) is -0.682. The monoisotopic (exact) mass is 340 g/mol. The summed E-state index contributed by atoms with van der Waals surface area (Å²) >= 11 is 0.806. The van der Waals surface area contributed by atoms with Crippen molar-refractivity contribution in [2.75, 3.05) is 19.4 Å². The number of carboxylic acid groups (broad SMARTS) is 1. The second kappa shape index (κ2) is 7.36. The molecule has 0 saturated carbocycles. The van der Waals surface area contributed by atoms with Crippen molar-refractivity contribution in [1.82, 2.24) is 4.90 Å². The van der Waals surface area contributed by atoms with Crippen LogP contribution in [0.4, 0.5) is 15.3 Å². The number of carbonyl (C=O) groups excluding carboxylic acids is 2. The predicted molar refractivity (Wildman–Crippen MR) is 88.2 cm³/mol. The summed E-state index contributed by atoms with van der Waals surface area (Å²) in [6.45, 7) is 5.17. The first-order valence-electron chi connectivity index (χ1n) is 6.76. The number of hydrogen-bond donors (Lipinski definition) is 2. The standard InChI is InChI=1S/C15H20N2O5S/c1-15(2,3)22-13(20)16-9-6-7-11(10(8-9)12(18)19)23-14(21)17(4)5/h6-8H,1-5H3,(H,16,20)(H,18,19). The summed E-state index contributed by atoms with van der Waals surface area (Å²) in [7, 11) is 3.16. The SMILES string of the molecule is CN(C)C(=O)Sc1ccc(NC(=O)OC(C)(C)C)cc1C(=O)O. The zero-order chi connectivity index (χ0) is 17.8. The molecule has 0 radical (unpaired) electrons. The van der Waals surface area contributed by atoms with Gasteiger partial charge in [-0.25, -0.2) is 9.59 Å². The third kappa shape index (κ3) is 6.19. The topological polar surface area (TPSA) is 95.9 Å². The van der Waals surface area contributed by atoms with Crippen LogP contribution in [0.3, 0.4) is 0 Å². The lowest BCUT2D eigenvalue weighted by Gasteiger charge is -2.20. The summed E-state index contributed by atoms with van der Waals surface area (Å²) in [5.74, 6) is -1.19. The number of rotatable bonds is 3. The fourth-order valence-electron chi connectivity index (χ4n) is 1.47. The Labute approximate surface area is 139 Å². The highest BCUT2D eigenvalue weighted by atomic mass is 32.2. The van der Waals surface area contributed by atoms with E-state index in [4.69, 9.17) is 4.74 Å². The minimum absolute atomic E-state index is 0.0706. The van der Waals surface area contributed by atoms with Gasteiger partial charge in [0.05, 0.1) is 5.56 Å². The molecule has 0 heterocycles. The Morgan fingerprint density at radius 1 is 1.22 bits per heavy atom. The minimum atomic E-state index is -1.19. The van der Waals surface area contributed by atoms with E-state index in [0.29, 0.717) is 4.90 Å². The van der Waals surface area contributed by atoms with Gasteiger partial charge in [0.15, 0.2) is 0 Å². The number of benzene rings is 1. The van der Waals surface area contributed by atoms with Gasteiger partial charge in [-0.3, -0.25) is 10.1 Å². The Morgan fingerprint density at radius 2 is 1.83 bits per heavy atom. The molecule has 0 fully saturated rings. The molecular formula is C15H20N2O5S. The number of nitrogens with zero attached hydrogens (tertiary/aromatic N) is 1. The quantitative estimate of drug-likeness (QED) is 0.818. The number of ether oxygens (including phenoxy) is 1. The third-order valence-corrected chi connectivity index (χ3v) is 3.53. The zero-order valence-corrected chi connectivity index (χ0v) is 14.5. The number of anilines is 1. The molecule has 126 valence electrons. The molecule has 8 heteroatoms. The van der Waals surface area contributed by atoms with Gasteiger partial charge in [0.1, 0.15) is 5.60 Å². The van der Waals surface area contributed by atoms with Crippen LogP contribution in [0.1, 0.15) is 31.1 Å². The average Bonchev–Trinajstić information content (AvgIpc) is 2.37. The maximum Gasteiger partial charge on any atom is 0.412 e. The van der Waals surface area contributed by atoms with Crippen molar-refractivity contribution in [1.29, 1.82) is 0 Å². The molecule has 1 rings (SSSR count). The Balaban J connectivity index is 2.98. The maximum atomic E-state index is 11.7. The molecule has 1 aromatic rings. The fraction of sp³-hybridized carbons (Fsp3) is 0.400. The van der Waals surface area contributed by atoms with Crippen molar-refractivity contribution in [2.24, 2.45) is 0 Å². The molecule has 0 spiro atoms. The Morgan fingerprint density at radius 3 is 2.30 bits per heavy atom. The van der Waals surface area contributed by atoms with Gasteiger partial charge in [-0.1, -0.05) is 0 Å². The summed E-state index contributed by atoms with van der Waals surface area (Å²) in [6, 6.07) is 4.28. The van der Waals surface area contributed by atoms with Crippen LogP contribution in [0, 0.1) is 0 Å². The van der Waals surface area contributed by atoms with Crippen LogP contribution < -0.4 is 5.32 Å². The molecule has 0 aliphatic heterocycles. The van der Waals surface area contributed by atoms with Gasteiger partial charge >= 0.3 is 12.1 Å². The van der Waals surface area contributed by atoms with Crippen LogP contribution in [-0.2, 0) is 4.74 Å². The normalized spacial score (nSPS) is 10.8. The van der Waals surface area contributed by atoms with E-state index in [1.54, 1.807) is 34.9 Å². The predicted octanol–water partition coefficient (Wildman–Crippen LogP) is 3.51. The van der Waals surface area contributed by atoms with Crippen molar-refractivity contribution in [3.8, 4) is 0 Å². The zero-order valence-electron chi connectivity index (χ0n) is 13.7. The Kier molecular flexibility index (Phi) is 6.03. The van der Waals surface area contributed by atoms with Gasteiger partial charge in [0.2, 0.25) is 0 Å². The van der Waals surface area contributed by atoms with Crippen LogP contribution in [0.2, 0.25) is 0 Å². The molecule has 0 atom stereocenters. The molecule has 2 N–H and O–H groups in total. The number of nitrogens with one attached hydrogen (secondary N) is 1. The van der Waals surface area contributed by atoms with Crippen molar-refractivity contribution in [3.05, 3.63) is 23.8 Å². The van der Waals surface area contributed by atoms with Crippen LogP contribution in [0.25, 0.3) is 0 Å². The second-order valence-corrected chi connectivity index (χ2v) is 6.90. The first-order valence-corrected chi connectivity index (χ1v) is 7.58. The first kappa shape index (κ1) is 18.8. The third-order valence-electron chi connectivity index (χ3n) is 2.42. The molecule has 0 aromatic heterocycles. The lowest BCUT2D eigenvalue weighted by molar-refractivity contribution is 0.0632. The number of carbonyl (C=O) groups is 3. The molecular weight excluding hydrogens is 320 g/mol. The van der Waals surface area contributed by atoms with Gasteiger partial charge in [0, 0.05) is 24.7 Å². The number of hydrogen-bond acceptors (Lipinski definition) is 5. The van der Waals surface area contributed by atoms with E-state index in [2.05, 4.69) is 5.32 Å². The summed E-state index contributed by atoms with van der Waals surface area (Å²) in [5.41, 5.74) is -0.453. The lowest BCUT2D eigenvalue weighted by Crippen LogP contribution is -2.27. The number of thioether (sulfide) groups is 1. The number of amides is 2. The van der Waals surface area contributed by atoms with Crippen molar-refractivity contribution < 1.29 is 24.2 Å². The average molecular weight is 340 g/mol. The molecule has 0 aliphatic carbocycles. The van der Waals surface area contributed by atoms with Gasteiger partial charge in [-0.2, -0.15) is 0 Å². The lowest BCUT2D eigenvalue weighted by atomic mass is 10.2. The molecule has 0 saturated heterocycles. The maximum absolute atomic E-state index is 11.7. The second-order valence-electron chi connectivity index (χ2n) is 5.91. The minimum Gasteiger partial charge on any atom is -0.478 e. The molecule has 0 bridgehead atoms. The van der Waals surface area contributed by atoms with E-state index < -0.39 is 17.7 Å². The van der Waals surface area contributed by atoms with E-state index in [9.17, 15) is 19.5 Å². The van der Waals surface area contributed by atoms with Crippen molar-refractivity contribution in [2.45, 2.75) is 31.3 Å². The summed E-state index contributed by atoms with van der Waals surface area (Å²) in [5, 5.41) is 11.5. The molecule has 1 aromatic carbocycles. The first-order chi connectivity index (χ1) is 10.5. The van der Waals surface area contributed by atoms with Gasteiger partial charge in [-0.05, 0) is 50.7 Å². The van der Waals surface area contributed by atoms with E-state index in [0.717, 1.165) is 11.8 Å². The highest BCUT2D eigenvalue weighted by Crippen LogP contribution is 2.27. The highest BCUT2D eigenvalue weighted by Gasteiger charge is 2.19. The van der Waals surface area contributed by atoms with Gasteiger partial charge < -0.3 is 14.7 Å². The Bertz CT molecular complexity index is 623. The number of carboxylic acids is 1. The largest absolute Gasteiger partial charge is 0.478 e. The van der Waals surface area contributed by atoms with E-state index in [1.807, 2.05) is 0 Å². The van der Waals surface area contributed by atoms with Crippen LogP contribution in [0.15, 0.2) is 23.1 Å². The van der Waals surface area contributed by atoms with Crippen molar-refractivity contribution >= 4 is 34.8 Å². The highest BCUT2D eigenvalue weighted by molar-refractivity contribution is 8.13.